The molecule has 10 heteroatoms. The monoisotopic (exact) mass is 374 g/mol. The molecule has 1 N–H and O–H groups in total. The Labute approximate surface area is 110 Å². The van der Waals surface area contributed by atoms with Gasteiger partial charge in [-0.15, -0.1) is 0 Å². The SMILES string of the molecule is O=[N+]([O-])c1c(Cl)c(O)c(Br)c(Br)c1[N+](=O)[O-]. The summed E-state index contributed by atoms with van der Waals surface area (Å²) >= 11 is 11.1. The van der Waals surface area contributed by atoms with E-state index in [0.717, 1.165) is 0 Å². The Kier molecular flexibility index (Phi) is 3.71. The number of phenols is 1. The minimum Gasteiger partial charge on any atom is -0.505 e. The Bertz CT molecular complexity index is 461. The summed E-state index contributed by atoms with van der Waals surface area (Å²) in [5.41, 5.74) is -1.78. The molecule has 0 aliphatic rings. The molecule has 1 aromatic carbocycles. The van der Waals surface area contributed by atoms with E-state index in [-0.39, 0.29) is 8.95 Å². The van der Waals surface area contributed by atoms with Gasteiger partial charge in [-0.1, -0.05) is 11.6 Å². The first-order chi connectivity index (χ1) is 7.29. The minimum atomic E-state index is -1.03. The maximum Gasteiger partial charge on any atom is 0.369 e. The number of nitro benzene ring substituents is 2. The van der Waals surface area contributed by atoms with Crippen molar-refractivity contribution in [1.29, 1.82) is 0 Å². The molecule has 0 saturated heterocycles. The van der Waals surface area contributed by atoms with E-state index < -0.39 is 32.0 Å². The van der Waals surface area contributed by atoms with Crippen molar-refractivity contribution in [2.45, 2.75) is 0 Å². The molecular weight excluding hydrogens is 375 g/mol. The molecule has 86 valence electrons. The molecule has 0 aromatic heterocycles. The van der Waals surface area contributed by atoms with Gasteiger partial charge in [0.2, 0.25) is 0 Å². The fourth-order valence-electron chi connectivity index (χ4n) is 0.958. The predicted molar refractivity (Wildman–Crippen MR) is 61.8 cm³/mol. The van der Waals surface area contributed by atoms with Gasteiger partial charge < -0.3 is 5.11 Å². The second-order valence-electron chi connectivity index (χ2n) is 2.50. The maximum atomic E-state index is 10.7. The molecule has 0 heterocycles. The first-order valence-electron chi connectivity index (χ1n) is 3.47. The fraction of sp³-hybridized carbons (Fsp3) is 0. The molecule has 0 aliphatic carbocycles. The van der Waals surface area contributed by atoms with Gasteiger partial charge in [0.05, 0.1) is 14.3 Å². The zero-order chi connectivity index (χ0) is 12.6. The smallest absolute Gasteiger partial charge is 0.369 e. The Morgan fingerprint density at radius 1 is 1.06 bits per heavy atom. The number of aromatic hydroxyl groups is 1. The van der Waals surface area contributed by atoms with E-state index in [1.165, 1.54) is 0 Å². The lowest BCUT2D eigenvalue weighted by atomic mass is 10.2. The van der Waals surface area contributed by atoms with Crippen LogP contribution in [0.15, 0.2) is 8.95 Å². The van der Waals surface area contributed by atoms with Crippen LogP contribution in [0.2, 0.25) is 5.02 Å². The molecule has 0 amide bonds. The Morgan fingerprint density at radius 3 is 1.88 bits per heavy atom. The van der Waals surface area contributed by atoms with Gasteiger partial charge in [0, 0.05) is 0 Å². The third-order valence-corrected chi connectivity index (χ3v) is 4.05. The Morgan fingerprint density at radius 2 is 1.50 bits per heavy atom. The van der Waals surface area contributed by atoms with Crippen LogP contribution in [0.1, 0.15) is 0 Å². The summed E-state index contributed by atoms with van der Waals surface area (Å²) in [6.45, 7) is 0. The topological polar surface area (TPSA) is 107 Å². The van der Waals surface area contributed by atoms with E-state index in [2.05, 4.69) is 31.9 Å². The summed E-state index contributed by atoms with van der Waals surface area (Å²) in [7, 11) is 0. The van der Waals surface area contributed by atoms with E-state index in [9.17, 15) is 25.3 Å². The van der Waals surface area contributed by atoms with Crippen LogP contribution < -0.4 is 0 Å². The second kappa shape index (κ2) is 4.52. The van der Waals surface area contributed by atoms with E-state index in [1.54, 1.807) is 0 Å². The number of hydrogen-bond donors (Lipinski definition) is 1. The highest BCUT2D eigenvalue weighted by Gasteiger charge is 2.36. The molecule has 16 heavy (non-hydrogen) atoms. The number of nitrogens with zero attached hydrogens (tertiary/aromatic N) is 2. The van der Waals surface area contributed by atoms with Crippen molar-refractivity contribution in [3.63, 3.8) is 0 Å². The van der Waals surface area contributed by atoms with Gasteiger partial charge in [0.1, 0.15) is 4.47 Å². The van der Waals surface area contributed by atoms with Gasteiger partial charge in [-0.2, -0.15) is 0 Å². The highest BCUT2D eigenvalue weighted by atomic mass is 79.9. The van der Waals surface area contributed by atoms with Crippen molar-refractivity contribution >= 4 is 54.8 Å². The zero-order valence-corrected chi connectivity index (χ0v) is 11.0. The lowest BCUT2D eigenvalue weighted by Gasteiger charge is -2.04. The highest BCUT2D eigenvalue weighted by molar-refractivity contribution is 9.13. The van der Waals surface area contributed by atoms with E-state index in [4.69, 9.17) is 11.6 Å². The molecule has 1 aromatic rings. The molecule has 0 radical (unpaired) electrons. The molecule has 0 aliphatic heterocycles. The number of benzene rings is 1. The van der Waals surface area contributed by atoms with Gasteiger partial charge in [0.25, 0.3) is 0 Å². The predicted octanol–water partition coefficient (Wildman–Crippen LogP) is 3.39. The second-order valence-corrected chi connectivity index (χ2v) is 4.47. The largest absolute Gasteiger partial charge is 0.505 e. The number of hydrogen-bond acceptors (Lipinski definition) is 5. The molecular formula is C6HBr2ClN2O5. The van der Waals surface area contributed by atoms with Gasteiger partial charge in [-0.25, -0.2) is 0 Å². The summed E-state index contributed by atoms with van der Waals surface area (Å²) in [6.07, 6.45) is 0. The van der Waals surface area contributed by atoms with Gasteiger partial charge in [0.15, 0.2) is 10.8 Å². The van der Waals surface area contributed by atoms with Crippen LogP contribution in [0.3, 0.4) is 0 Å². The average Bonchev–Trinajstić information content (AvgIpc) is 2.18. The van der Waals surface area contributed by atoms with Crippen LogP contribution in [0.25, 0.3) is 0 Å². The number of halogens is 3. The Hall–Kier alpha value is -0.930. The third-order valence-electron chi connectivity index (χ3n) is 1.61. The average molecular weight is 376 g/mol. The van der Waals surface area contributed by atoms with Crippen LogP contribution in [0.4, 0.5) is 11.4 Å². The molecule has 0 fully saturated rings. The van der Waals surface area contributed by atoms with Crippen molar-refractivity contribution in [3.05, 3.63) is 34.2 Å². The molecule has 0 unspecified atom stereocenters. The van der Waals surface area contributed by atoms with E-state index >= 15 is 0 Å². The van der Waals surface area contributed by atoms with Crippen LogP contribution in [-0.2, 0) is 0 Å². The summed E-state index contributed by atoms with van der Waals surface area (Å²) < 4.78 is -0.360. The first-order valence-corrected chi connectivity index (χ1v) is 5.43. The first kappa shape index (κ1) is 13.1. The number of rotatable bonds is 2. The van der Waals surface area contributed by atoms with Crippen LogP contribution in [0.5, 0.6) is 5.75 Å². The molecule has 0 atom stereocenters. The zero-order valence-electron chi connectivity index (χ0n) is 7.11. The molecule has 7 nitrogen and oxygen atoms in total. The van der Waals surface area contributed by atoms with Crippen LogP contribution in [-0.4, -0.2) is 15.0 Å². The quantitative estimate of drug-likeness (QED) is 0.484. The Balaban J connectivity index is 3.83. The maximum absolute atomic E-state index is 10.7. The molecule has 0 saturated carbocycles. The van der Waals surface area contributed by atoms with Crippen LogP contribution in [0, 0.1) is 20.2 Å². The minimum absolute atomic E-state index is 0.116. The van der Waals surface area contributed by atoms with Crippen molar-refractivity contribution in [2.24, 2.45) is 0 Å². The highest BCUT2D eigenvalue weighted by Crippen LogP contribution is 2.50. The molecule has 1 rings (SSSR count). The van der Waals surface area contributed by atoms with E-state index in [0.29, 0.717) is 0 Å². The number of phenolic OH excluding ortho intramolecular Hbond substituents is 1. The lowest BCUT2D eigenvalue weighted by molar-refractivity contribution is -0.423. The van der Waals surface area contributed by atoms with Crippen molar-refractivity contribution < 1.29 is 15.0 Å². The summed E-state index contributed by atoms with van der Waals surface area (Å²) in [5, 5.41) is 30.0. The normalized spacial score (nSPS) is 10.2. The van der Waals surface area contributed by atoms with Crippen LogP contribution >= 0.6 is 43.5 Å². The summed E-state index contributed by atoms with van der Waals surface area (Å²) in [6, 6.07) is 0. The lowest BCUT2D eigenvalue weighted by Crippen LogP contribution is -1.99. The van der Waals surface area contributed by atoms with Gasteiger partial charge in [-0.3, -0.25) is 20.2 Å². The molecule has 0 bridgehead atoms. The van der Waals surface area contributed by atoms with Crippen molar-refractivity contribution in [1.82, 2.24) is 0 Å². The van der Waals surface area contributed by atoms with Crippen molar-refractivity contribution in [2.75, 3.05) is 0 Å². The molecule has 0 spiro atoms. The van der Waals surface area contributed by atoms with Crippen molar-refractivity contribution in [3.8, 4) is 5.75 Å². The number of nitro groups is 2. The summed E-state index contributed by atoms with van der Waals surface area (Å²) in [4.78, 5) is 19.3. The standard InChI is InChI=1S/C6HBr2ClN2O5/c7-1-2(8)6(12)3(9)5(11(15)16)4(1)10(13)14/h12H. The van der Waals surface area contributed by atoms with Gasteiger partial charge in [-0.05, 0) is 31.9 Å². The van der Waals surface area contributed by atoms with E-state index in [1.807, 2.05) is 0 Å². The fourth-order valence-corrected chi connectivity index (χ4v) is 2.23. The third kappa shape index (κ3) is 1.97. The summed E-state index contributed by atoms with van der Waals surface area (Å²) in [5.74, 6) is -0.633. The van der Waals surface area contributed by atoms with Gasteiger partial charge >= 0.3 is 11.4 Å².